The van der Waals surface area contributed by atoms with Gasteiger partial charge in [-0.25, -0.2) is 13.4 Å². The van der Waals surface area contributed by atoms with Crippen molar-refractivity contribution in [2.45, 2.75) is 50.7 Å². The highest BCUT2D eigenvalue weighted by Gasteiger charge is 2.44. The average molecular weight is 488 g/mol. The first-order valence-corrected chi connectivity index (χ1v) is 14.0. The molecule has 1 aromatic heterocycles. The first kappa shape index (κ1) is 22.6. The van der Waals surface area contributed by atoms with Crippen LogP contribution in [0.25, 0.3) is 10.2 Å². The van der Waals surface area contributed by atoms with Crippen molar-refractivity contribution in [1.82, 2.24) is 14.6 Å². The predicted molar refractivity (Wildman–Crippen MR) is 131 cm³/mol. The molecule has 0 aliphatic carbocycles. The Labute approximate surface area is 198 Å². The fourth-order valence-electron chi connectivity index (χ4n) is 5.03. The fourth-order valence-corrected chi connectivity index (χ4v) is 7.43. The zero-order chi connectivity index (χ0) is 23.0. The number of aryl methyl sites for hydroxylation is 1. The number of aromatic nitrogens is 1. The molecule has 2 aromatic carbocycles. The first-order chi connectivity index (χ1) is 15.8. The third kappa shape index (κ3) is 5.16. The number of hydrogen-bond donors (Lipinski definition) is 1. The van der Waals surface area contributed by atoms with Gasteiger partial charge < -0.3 is 14.8 Å². The fraction of sp³-hybridized carbons (Fsp3) is 0.458. The summed E-state index contributed by atoms with van der Waals surface area (Å²) in [5.41, 5.74) is 2.16. The highest BCUT2D eigenvalue weighted by atomic mass is 32.2. The van der Waals surface area contributed by atoms with Crippen LogP contribution in [0, 0.1) is 6.92 Å². The van der Waals surface area contributed by atoms with Crippen LogP contribution in [0.2, 0.25) is 0 Å². The summed E-state index contributed by atoms with van der Waals surface area (Å²) < 4.78 is 38.7. The maximum absolute atomic E-state index is 12.0. The van der Waals surface area contributed by atoms with Crippen LogP contribution < -0.4 is 14.8 Å². The molecule has 0 saturated carbocycles. The zero-order valence-corrected chi connectivity index (χ0v) is 20.5. The van der Waals surface area contributed by atoms with E-state index in [1.807, 2.05) is 30.3 Å². The lowest BCUT2D eigenvalue weighted by Crippen LogP contribution is -2.51. The second-order valence-corrected chi connectivity index (χ2v) is 11.9. The van der Waals surface area contributed by atoms with Crippen LogP contribution in [0.15, 0.2) is 42.5 Å². The van der Waals surface area contributed by atoms with Crippen LogP contribution in [0.3, 0.4) is 0 Å². The predicted octanol–water partition coefficient (Wildman–Crippen LogP) is 4.32. The summed E-state index contributed by atoms with van der Waals surface area (Å²) in [6.07, 6.45) is 5.02. The van der Waals surface area contributed by atoms with E-state index in [0.29, 0.717) is 17.8 Å². The quantitative estimate of drug-likeness (QED) is 0.477. The number of piperidine rings is 1. The summed E-state index contributed by atoms with van der Waals surface area (Å²) in [7, 11) is -3.11. The largest absolute Gasteiger partial charge is 0.492 e. The van der Waals surface area contributed by atoms with Gasteiger partial charge in [0.2, 0.25) is 10.0 Å². The molecule has 176 valence electrons. The highest BCUT2D eigenvalue weighted by Crippen LogP contribution is 2.37. The summed E-state index contributed by atoms with van der Waals surface area (Å²) in [6.45, 7) is 3.35. The van der Waals surface area contributed by atoms with Crippen LogP contribution in [0.4, 0.5) is 0 Å². The molecular formula is C24H29N3O4S2. The maximum Gasteiger partial charge on any atom is 0.279 e. The summed E-state index contributed by atoms with van der Waals surface area (Å²) in [5, 5.41) is 4.18. The minimum Gasteiger partial charge on any atom is -0.492 e. The molecule has 5 rings (SSSR count). The standard InChI is InChI=1S/C24H29N3O4S2/c1-16-3-10-22-23(13-16)32-24(26-22)31-21-8-6-20(7-9-21)30-12-11-25-17-14-18-4-5-19(15-17)27(18)33(2,28)29/h3,6-10,13,17-19,25H,4-5,11-12,14-15H2,1-2H3. The molecule has 9 heteroatoms. The van der Waals surface area contributed by atoms with Crippen molar-refractivity contribution < 1.29 is 17.9 Å². The van der Waals surface area contributed by atoms with Gasteiger partial charge in [-0.3, -0.25) is 0 Å². The monoisotopic (exact) mass is 487 g/mol. The highest BCUT2D eigenvalue weighted by molar-refractivity contribution is 7.88. The van der Waals surface area contributed by atoms with Gasteiger partial charge in [-0.05, 0) is 74.6 Å². The topological polar surface area (TPSA) is 80.8 Å². The second-order valence-electron chi connectivity index (χ2n) is 8.97. The van der Waals surface area contributed by atoms with Crippen LogP contribution in [0.1, 0.15) is 31.2 Å². The van der Waals surface area contributed by atoms with Crippen LogP contribution >= 0.6 is 11.3 Å². The van der Waals surface area contributed by atoms with Crippen LogP contribution in [0.5, 0.6) is 16.7 Å². The average Bonchev–Trinajstić information content (AvgIpc) is 3.29. The Bertz CT molecular complexity index is 1210. The van der Waals surface area contributed by atoms with Crippen molar-refractivity contribution in [3.05, 3.63) is 48.0 Å². The Balaban J connectivity index is 1.08. The van der Waals surface area contributed by atoms with E-state index in [0.717, 1.165) is 53.9 Å². The molecule has 2 bridgehead atoms. The SMILES string of the molecule is Cc1ccc2nc(Oc3ccc(OCCNC4CC5CCC(C4)N5S(C)(=O)=O)cc3)sc2c1. The summed E-state index contributed by atoms with van der Waals surface area (Å²) in [6, 6.07) is 14.4. The minimum atomic E-state index is -3.11. The molecule has 2 unspecified atom stereocenters. The van der Waals surface area contributed by atoms with Gasteiger partial charge in [-0.2, -0.15) is 4.31 Å². The first-order valence-electron chi connectivity index (χ1n) is 11.3. The van der Waals surface area contributed by atoms with Crippen molar-refractivity contribution in [2.75, 3.05) is 19.4 Å². The number of ether oxygens (including phenoxy) is 2. The second kappa shape index (κ2) is 9.21. The molecule has 1 N–H and O–H groups in total. The molecular weight excluding hydrogens is 458 g/mol. The summed E-state index contributed by atoms with van der Waals surface area (Å²) in [4.78, 5) is 4.53. The lowest BCUT2D eigenvalue weighted by molar-refractivity contribution is 0.201. The van der Waals surface area contributed by atoms with Crippen molar-refractivity contribution in [3.8, 4) is 16.7 Å². The van der Waals surface area contributed by atoms with Crippen LogP contribution in [-0.4, -0.2) is 55.2 Å². The van der Waals surface area contributed by atoms with Crippen molar-refractivity contribution in [1.29, 1.82) is 0 Å². The van der Waals surface area contributed by atoms with E-state index >= 15 is 0 Å². The molecule has 2 fully saturated rings. The Kier molecular flexibility index (Phi) is 6.30. The number of nitrogens with one attached hydrogen (secondary N) is 1. The van der Waals surface area contributed by atoms with Crippen molar-refractivity contribution >= 4 is 31.6 Å². The van der Waals surface area contributed by atoms with Gasteiger partial charge in [0.05, 0.1) is 16.5 Å². The van der Waals surface area contributed by atoms with Gasteiger partial charge in [-0.15, -0.1) is 0 Å². The normalized spacial score (nSPS) is 23.2. The lowest BCUT2D eigenvalue weighted by Gasteiger charge is -2.37. The molecule has 0 amide bonds. The van der Waals surface area contributed by atoms with E-state index in [-0.39, 0.29) is 12.1 Å². The Morgan fingerprint density at radius 1 is 1.09 bits per heavy atom. The molecule has 33 heavy (non-hydrogen) atoms. The number of sulfonamides is 1. The summed E-state index contributed by atoms with van der Waals surface area (Å²) >= 11 is 1.54. The van der Waals surface area contributed by atoms with Gasteiger partial charge >= 0.3 is 0 Å². The third-order valence-corrected chi connectivity index (χ3v) is 8.66. The number of benzene rings is 2. The third-order valence-electron chi connectivity index (χ3n) is 6.41. The lowest BCUT2D eigenvalue weighted by atomic mass is 10.00. The number of fused-ring (bicyclic) bond motifs is 3. The molecule has 3 heterocycles. The maximum atomic E-state index is 12.0. The molecule has 7 nitrogen and oxygen atoms in total. The molecule has 2 saturated heterocycles. The van der Waals surface area contributed by atoms with E-state index in [2.05, 4.69) is 29.4 Å². The summed E-state index contributed by atoms with van der Waals surface area (Å²) in [5.74, 6) is 1.51. The van der Waals surface area contributed by atoms with Gasteiger partial charge in [0, 0.05) is 24.7 Å². The van der Waals surface area contributed by atoms with E-state index in [9.17, 15) is 8.42 Å². The number of thiazole rings is 1. The van der Waals surface area contributed by atoms with Crippen molar-refractivity contribution in [3.63, 3.8) is 0 Å². The minimum absolute atomic E-state index is 0.143. The number of nitrogens with zero attached hydrogens (tertiary/aromatic N) is 2. The van der Waals surface area contributed by atoms with E-state index < -0.39 is 10.0 Å². The van der Waals surface area contributed by atoms with Gasteiger partial charge in [0.15, 0.2) is 0 Å². The van der Waals surface area contributed by atoms with E-state index in [1.54, 1.807) is 4.31 Å². The molecule has 2 aliphatic heterocycles. The molecule has 3 aromatic rings. The van der Waals surface area contributed by atoms with E-state index in [4.69, 9.17) is 9.47 Å². The Morgan fingerprint density at radius 3 is 2.48 bits per heavy atom. The molecule has 0 spiro atoms. The number of hydrogen-bond acceptors (Lipinski definition) is 7. The number of rotatable bonds is 8. The van der Waals surface area contributed by atoms with Crippen molar-refractivity contribution in [2.24, 2.45) is 0 Å². The van der Waals surface area contributed by atoms with E-state index in [1.165, 1.54) is 23.2 Å². The van der Waals surface area contributed by atoms with Crippen LogP contribution in [-0.2, 0) is 10.0 Å². The molecule has 2 atom stereocenters. The molecule has 0 radical (unpaired) electrons. The van der Waals surface area contributed by atoms with Gasteiger partial charge in [0.25, 0.3) is 5.19 Å². The van der Waals surface area contributed by atoms with Gasteiger partial charge in [0.1, 0.15) is 18.1 Å². The smallest absolute Gasteiger partial charge is 0.279 e. The Hall–Kier alpha value is -2.20. The van der Waals surface area contributed by atoms with Gasteiger partial charge in [-0.1, -0.05) is 17.4 Å². The Morgan fingerprint density at radius 2 is 1.79 bits per heavy atom. The zero-order valence-electron chi connectivity index (χ0n) is 18.9. The molecule has 2 aliphatic rings.